The molecule has 0 radical (unpaired) electrons. The smallest absolute Gasteiger partial charge is 0.231 e. The van der Waals surface area contributed by atoms with Crippen LogP contribution in [0.15, 0.2) is 23.3 Å². The van der Waals surface area contributed by atoms with E-state index >= 15 is 0 Å². The van der Waals surface area contributed by atoms with Crippen molar-refractivity contribution in [1.82, 2.24) is 10.6 Å². The monoisotopic (exact) mass is 1000 g/mol. The third-order valence-corrected chi connectivity index (χ3v) is 13.4. The van der Waals surface area contributed by atoms with Gasteiger partial charge in [-0.3, -0.25) is 0 Å². The van der Waals surface area contributed by atoms with E-state index in [1.165, 1.54) is 0 Å². The van der Waals surface area contributed by atoms with Crippen LogP contribution in [0.25, 0.3) is 10.4 Å². The van der Waals surface area contributed by atoms with Crippen molar-refractivity contribution in [3.05, 3.63) is 78.7 Å². The molecule has 0 spiro atoms. The SMILES string of the molecule is CCC(N=[N+]=[N-])c1cc(OC)c(C)c2c1OCO2.CC[C@@H]1NCC(O)c2c(OC)c(C)c3c(c21)OCO3.CC[C@H](NCC(C)C)c1cc(OC)c(C)c2c1OCO2.COc1cc(C2CO2)c2c(c1C)OCO2. The second-order valence-corrected chi connectivity index (χ2v) is 18.2. The predicted octanol–water partition coefficient (Wildman–Crippen LogP) is 10.5. The van der Waals surface area contributed by atoms with E-state index in [9.17, 15) is 5.11 Å². The van der Waals surface area contributed by atoms with Crippen molar-refractivity contribution < 1.29 is 66.7 Å². The van der Waals surface area contributed by atoms with Gasteiger partial charge in [0.25, 0.3) is 0 Å². The third kappa shape index (κ3) is 10.9. The number of hydrogen-bond donors (Lipinski definition) is 3. The molecule has 19 heteroatoms. The van der Waals surface area contributed by atoms with Crippen LogP contribution in [0.5, 0.6) is 69.0 Å². The van der Waals surface area contributed by atoms with Crippen LogP contribution in [0, 0.1) is 33.6 Å². The van der Waals surface area contributed by atoms with Gasteiger partial charge in [-0.25, -0.2) is 0 Å². The second kappa shape index (κ2) is 23.9. The highest BCUT2D eigenvalue weighted by Gasteiger charge is 2.38. The molecule has 6 heterocycles. The Kier molecular flexibility index (Phi) is 17.7. The summed E-state index contributed by atoms with van der Waals surface area (Å²) in [7, 11) is 6.57. The van der Waals surface area contributed by atoms with E-state index in [1.54, 1.807) is 28.4 Å². The zero-order valence-electron chi connectivity index (χ0n) is 43.9. The highest BCUT2D eigenvalue weighted by Crippen LogP contribution is 2.53. The number of azide groups is 1. The van der Waals surface area contributed by atoms with Crippen molar-refractivity contribution in [2.24, 2.45) is 11.0 Å². The number of β-amino-alcohol motifs (C(OH)–C–C–N with tert-alkyl or cyclic N) is 1. The summed E-state index contributed by atoms with van der Waals surface area (Å²) in [4.78, 5) is 2.87. The number of nitrogens with zero attached hydrogens (tertiary/aromatic N) is 3. The van der Waals surface area contributed by atoms with Crippen LogP contribution in [-0.4, -0.2) is 80.4 Å². The minimum absolute atomic E-state index is 0.148. The lowest BCUT2D eigenvalue weighted by Crippen LogP contribution is -2.33. The quantitative estimate of drug-likeness (QED) is 0.0463. The first-order chi connectivity index (χ1) is 34.8. The summed E-state index contributed by atoms with van der Waals surface area (Å²) in [5.41, 5.74) is 17.2. The van der Waals surface area contributed by atoms with Crippen molar-refractivity contribution in [2.45, 2.75) is 112 Å². The Morgan fingerprint density at radius 2 is 1.15 bits per heavy atom. The molecule has 6 aliphatic heterocycles. The van der Waals surface area contributed by atoms with Crippen LogP contribution in [0.3, 0.4) is 0 Å². The van der Waals surface area contributed by atoms with E-state index in [0.717, 1.165) is 122 Å². The molecule has 0 aromatic heterocycles. The molecule has 3 N–H and O–H groups in total. The number of rotatable bonds is 14. The van der Waals surface area contributed by atoms with Crippen LogP contribution in [-0.2, 0) is 4.74 Å². The molecule has 4 aromatic carbocycles. The van der Waals surface area contributed by atoms with E-state index < -0.39 is 6.10 Å². The normalized spacial score (nSPS) is 18.5. The van der Waals surface area contributed by atoms with Crippen molar-refractivity contribution in [1.29, 1.82) is 0 Å². The van der Waals surface area contributed by atoms with E-state index in [2.05, 4.69) is 54.4 Å². The Morgan fingerprint density at radius 3 is 1.64 bits per heavy atom. The molecule has 0 aliphatic carbocycles. The molecule has 392 valence electrons. The fourth-order valence-electron chi connectivity index (χ4n) is 9.54. The molecule has 3 unspecified atom stereocenters. The number of methoxy groups -OCH3 is 4. The molecular weight excluding hydrogens is 931 g/mol. The average molecular weight is 1000 g/mol. The fraction of sp³-hybridized carbons (Fsp3) is 0.547. The Morgan fingerprint density at radius 1 is 0.667 bits per heavy atom. The highest BCUT2D eigenvalue weighted by atomic mass is 16.7. The summed E-state index contributed by atoms with van der Waals surface area (Å²) in [5, 5.41) is 21.0. The number of benzene rings is 4. The van der Waals surface area contributed by atoms with Gasteiger partial charge in [-0.1, -0.05) is 39.7 Å². The van der Waals surface area contributed by atoms with Gasteiger partial charge in [-0.2, -0.15) is 0 Å². The van der Waals surface area contributed by atoms with Gasteiger partial charge >= 0.3 is 0 Å². The number of ether oxygens (including phenoxy) is 13. The van der Waals surface area contributed by atoms with Gasteiger partial charge in [0.2, 0.25) is 27.2 Å². The van der Waals surface area contributed by atoms with Crippen LogP contribution in [0.1, 0.15) is 134 Å². The molecule has 19 nitrogen and oxygen atoms in total. The zero-order valence-corrected chi connectivity index (χ0v) is 43.9. The Balaban J connectivity index is 0.000000141. The zero-order chi connectivity index (χ0) is 51.8. The lowest BCUT2D eigenvalue weighted by atomic mass is 9.87. The molecule has 10 rings (SSSR count). The standard InChI is InChI=1S/C16H25NO3.C14H19NO4.C12H15N3O3.C11H12O4/c1-6-13(17-8-10(2)3)12-7-14(18-5)11(4)15-16(12)20-9-19-15;1-4-8-10-11(9(16)5-15-8)12(17-3)7(2)13-14(10)19-6-18-13;1-4-9(14-15-13)8-5-10(16-3)7(2)11-12(8)18-6-17-11;1-6-8(12-2)3-7(9-4-13-9)11-10(6)14-5-15-11/h7,10,13,17H,6,8-9H2,1-5H3;8-9,15-16H,4-6H2,1-3H3;5,9H,4,6H2,1-3H3;3,9H,4-5H2,1-2H3/t13-;8-,9?;;/m00../s1. The summed E-state index contributed by atoms with van der Waals surface area (Å²) >= 11 is 0. The number of aliphatic hydroxyl groups excluding tert-OH is 1. The van der Waals surface area contributed by atoms with Crippen LogP contribution in [0.2, 0.25) is 0 Å². The van der Waals surface area contributed by atoms with Crippen LogP contribution in [0.4, 0.5) is 0 Å². The highest BCUT2D eigenvalue weighted by molar-refractivity contribution is 5.66. The van der Waals surface area contributed by atoms with Gasteiger partial charge < -0.3 is 77.3 Å². The van der Waals surface area contributed by atoms with Gasteiger partial charge in [-0.05, 0) is 83.2 Å². The number of nitrogens with one attached hydrogen (secondary N) is 2. The first kappa shape index (κ1) is 53.4. The molecule has 0 amide bonds. The largest absolute Gasteiger partial charge is 0.496 e. The lowest BCUT2D eigenvalue weighted by Gasteiger charge is -2.32. The number of aliphatic hydroxyl groups is 1. The molecule has 0 bridgehead atoms. The molecule has 1 fully saturated rings. The minimum atomic E-state index is -0.582. The summed E-state index contributed by atoms with van der Waals surface area (Å²) in [6.07, 6.45) is 2.17. The van der Waals surface area contributed by atoms with E-state index in [1.807, 2.05) is 46.8 Å². The van der Waals surface area contributed by atoms with E-state index in [-0.39, 0.29) is 51.4 Å². The minimum Gasteiger partial charge on any atom is -0.496 e. The maximum atomic E-state index is 10.3. The summed E-state index contributed by atoms with van der Waals surface area (Å²) in [5.74, 6) is 9.85. The average Bonchev–Trinajstić information content (AvgIpc) is 3.88. The van der Waals surface area contributed by atoms with Gasteiger partial charge in [0.05, 0.1) is 47.2 Å². The van der Waals surface area contributed by atoms with Crippen molar-refractivity contribution in [3.8, 4) is 69.0 Å². The number of hydrogen-bond acceptors (Lipinski definition) is 17. The van der Waals surface area contributed by atoms with Gasteiger partial charge in [0, 0.05) is 73.6 Å². The third-order valence-electron chi connectivity index (χ3n) is 13.4. The molecule has 5 atom stereocenters. The molecule has 1 saturated heterocycles. The topological polar surface area (TPSA) is 216 Å². The Bertz CT molecular complexity index is 2620. The number of fused-ring (bicyclic) bond motifs is 6. The maximum absolute atomic E-state index is 10.3. The first-order valence-corrected chi connectivity index (χ1v) is 24.5. The molecule has 0 saturated carbocycles. The summed E-state index contributed by atoms with van der Waals surface area (Å²) < 4.78 is 71.1. The van der Waals surface area contributed by atoms with E-state index in [4.69, 9.17) is 67.1 Å². The Labute approximate surface area is 422 Å². The van der Waals surface area contributed by atoms with Crippen molar-refractivity contribution >= 4 is 0 Å². The van der Waals surface area contributed by atoms with Gasteiger partial charge in [0.15, 0.2) is 46.0 Å². The van der Waals surface area contributed by atoms with Crippen molar-refractivity contribution in [3.63, 3.8) is 0 Å². The van der Waals surface area contributed by atoms with Crippen LogP contribution < -0.4 is 67.5 Å². The van der Waals surface area contributed by atoms with Crippen molar-refractivity contribution in [2.75, 3.05) is 75.3 Å². The predicted molar refractivity (Wildman–Crippen MR) is 268 cm³/mol. The van der Waals surface area contributed by atoms with Crippen LogP contribution >= 0.6 is 0 Å². The molecule has 6 aliphatic rings. The summed E-state index contributed by atoms with van der Waals surface area (Å²) in [6.45, 7) is 21.7. The maximum Gasteiger partial charge on any atom is 0.231 e. The lowest BCUT2D eigenvalue weighted by molar-refractivity contribution is 0.148. The molecule has 4 aromatic rings. The summed E-state index contributed by atoms with van der Waals surface area (Å²) in [6, 6.07) is 6.03. The Hall–Kier alpha value is -6.37. The first-order valence-electron chi connectivity index (χ1n) is 24.5. The molecule has 72 heavy (non-hydrogen) atoms. The van der Waals surface area contributed by atoms with Gasteiger partial charge in [0.1, 0.15) is 29.1 Å². The second-order valence-electron chi connectivity index (χ2n) is 18.2. The fourth-order valence-corrected chi connectivity index (χ4v) is 9.54. The number of epoxide rings is 1. The van der Waals surface area contributed by atoms with Gasteiger partial charge in [-0.15, -0.1) is 0 Å². The van der Waals surface area contributed by atoms with E-state index in [0.29, 0.717) is 41.9 Å². The molecular formula is C53H71N5O14.